The summed E-state index contributed by atoms with van der Waals surface area (Å²) in [4.78, 5) is 0. The topological polar surface area (TPSA) is 15.3 Å². The maximum absolute atomic E-state index is 4.99. The summed E-state index contributed by atoms with van der Waals surface area (Å²) in [7, 11) is 0. The SMILES string of the molecule is Cl.Cl.[BH]=[Ti]([NH]C(C)(C)C)([CH]1C(C)=Cc2ccccc21)[N](C(C)C)C(C)C. The van der Waals surface area contributed by atoms with E-state index >= 15 is 0 Å². The summed E-state index contributed by atoms with van der Waals surface area (Å²) >= 11 is -2.91. The number of benzene rings is 1. The molecule has 0 saturated carbocycles. The Morgan fingerprint density at radius 2 is 1.54 bits per heavy atom. The molecule has 1 aliphatic rings. The summed E-state index contributed by atoms with van der Waals surface area (Å²) in [6.07, 6.45) is 2.37. The third-order valence-corrected chi connectivity index (χ3v) is 12.4. The maximum atomic E-state index is 4.99. The van der Waals surface area contributed by atoms with Gasteiger partial charge in [-0.1, -0.05) is 0 Å². The van der Waals surface area contributed by atoms with Crippen LogP contribution in [0.15, 0.2) is 29.8 Å². The van der Waals surface area contributed by atoms with Crippen LogP contribution < -0.4 is 3.80 Å². The second-order valence-electron chi connectivity index (χ2n) is 8.84. The van der Waals surface area contributed by atoms with Crippen LogP contribution in [-0.4, -0.2) is 26.6 Å². The van der Waals surface area contributed by atoms with Crippen LogP contribution in [-0.2, 0) is 16.4 Å². The van der Waals surface area contributed by atoms with Crippen LogP contribution in [0.2, 0.25) is 0 Å². The zero-order valence-electron chi connectivity index (χ0n) is 17.6. The van der Waals surface area contributed by atoms with Gasteiger partial charge in [-0.25, -0.2) is 0 Å². The van der Waals surface area contributed by atoms with E-state index in [2.05, 4.69) is 92.9 Å². The predicted molar refractivity (Wildman–Crippen MR) is 119 cm³/mol. The predicted octanol–water partition coefficient (Wildman–Crippen LogP) is 5.29. The van der Waals surface area contributed by atoms with E-state index in [0.29, 0.717) is 16.3 Å². The first-order valence-corrected chi connectivity index (χ1v) is 12.7. The molecule has 1 aromatic rings. The second kappa shape index (κ2) is 9.63. The Balaban J connectivity index is 0.00000312. The van der Waals surface area contributed by atoms with Crippen LogP contribution in [0.3, 0.4) is 0 Å². The van der Waals surface area contributed by atoms with Crippen molar-refractivity contribution in [1.82, 2.24) is 7.18 Å². The van der Waals surface area contributed by atoms with E-state index in [-0.39, 0.29) is 30.4 Å². The van der Waals surface area contributed by atoms with E-state index in [1.165, 1.54) is 16.7 Å². The quantitative estimate of drug-likeness (QED) is 0.634. The second-order valence-corrected chi connectivity index (χ2v) is 13.8. The molecule has 0 saturated heterocycles. The van der Waals surface area contributed by atoms with Gasteiger partial charge in [0, 0.05) is 0 Å². The number of nitrogens with one attached hydrogen (secondary N) is 1. The first-order chi connectivity index (χ1) is 11.0. The van der Waals surface area contributed by atoms with Gasteiger partial charge in [-0.05, 0) is 0 Å². The van der Waals surface area contributed by atoms with Gasteiger partial charge in [0.05, 0.1) is 0 Å². The number of hydrogen-bond donors (Lipinski definition) is 1. The van der Waals surface area contributed by atoms with Crippen molar-refractivity contribution in [3.05, 3.63) is 41.0 Å². The van der Waals surface area contributed by atoms with Gasteiger partial charge >= 0.3 is 153 Å². The molecule has 0 bridgehead atoms. The van der Waals surface area contributed by atoms with Crippen LogP contribution >= 0.6 is 24.8 Å². The van der Waals surface area contributed by atoms with Gasteiger partial charge in [0.15, 0.2) is 0 Å². The van der Waals surface area contributed by atoms with Crippen molar-refractivity contribution in [2.45, 2.75) is 77.2 Å². The number of rotatable bonds is 5. The van der Waals surface area contributed by atoms with E-state index in [4.69, 9.17) is 5.59 Å². The molecular formula is C20H36BCl2N2Ti. The van der Waals surface area contributed by atoms with E-state index in [9.17, 15) is 0 Å². The number of allylic oxidation sites excluding steroid dienone is 1. The summed E-state index contributed by atoms with van der Waals surface area (Å²) in [5.41, 5.74) is 9.36. The molecule has 0 aromatic heterocycles. The number of nitrogens with zero attached hydrogens (tertiary/aromatic N) is 1. The zero-order chi connectivity index (χ0) is 18.3. The molecule has 6 heteroatoms. The van der Waals surface area contributed by atoms with Gasteiger partial charge in [-0.3, -0.25) is 0 Å². The summed E-state index contributed by atoms with van der Waals surface area (Å²) in [5.74, 6) is 0. The molecule has 2 rings (SSSR count). The van der Waals surface area contributed by atoms with Crippen LogP contribution in [0.25, 0.3) is 6.08 Å². The Bertz CT molecular complexity index is 673. The fourth-order valence-corrected chi connectivity index (χ4v) is 12.9. The summed E-state index contributed by atoms with van der Waals surface area (Å²) in [6.45, 7) is 18.4. The van der Waals surface area contributed by atoms with Crippen LogP contribution in [0.1, 0.15) is 70.7 Å². The number of hydrogen-bond acceptors (Lipinski definition) is 2. The molecule has 0 fully saturated rings. The fourth-order valence-electron chi connectivity index (χ4n) is 4.57. The summed E-state index contributed by atoms with van der Waals surface area (Å²) < 4.78 is 7.22. The van der Waals surface area contributed by atoms with Crippen molar-refractivity contribution in [2.24, 2.45) is 0 Å². The molecule has 0 spiro atoms. The summed E-state index contributed by atoms with van der Waals surface area (Å²) in [5, 5.41) is 0. The van der Waals surface area contributed by atoms with Gasteiger partial charge in [-0.15, -0.1) is 24.8 Å². The molecular weight excluding hydrogens is 398 g/mol. The summed E-state index contributed by atoms with van der Waals surface area (Å²) in [6, 6.07) is 9.83. The standard InChI is InChI=1S/C10H9.C6H14N.C4H10N.BH.2ClH.Ti/c1-8-6-9-4-2-3-5-10(9)7-8;1-5(2)7-6(3)4;1-4(2,3)5;;;;/h2-7H,1H3;5-6H,1-4H3;5H,1-3H3;3*1H;/q;2*-1;;;;+2. The molecule has 0 aliphatic heterocycles. The molecule has 0 radical (unpaired) electrons. The Hall–Kier alpha value is 0.239. The molecule has 0 amide bonds. The van der Waals surface area contributed by atoms with E-state index in [1.807, 2.05) is 0 Å². The minimum absolute atomic E-state index is 0. The number of halogens is 2. The van der Waals surface area contributed by atoms with Crippen molar-refractivity contribution in [2.75, 3.05) is 0 Å². The molecule has 1 aromatic carbocycles. The van der Waals surface area contributed by atoms with Gasteiger partial charge in [0.25, 0.3) is 0 Å². The fraction of sp³-hybridized carbons (Fsp3) is 0.600. The van der Waals surface area contributed by atoms with Crippen molar-refractivity contribution >= 4 is 36.5 Å². The third kappa shape index (κ3) is 5.40. The molecule has 2 unspecified atom stereocenters. The molecule has 26 heavy (non-hydrogen) atoms. The monoisotopic (exact) mass is 433 g/mol. The van der Waals surface area contributed by atoms with Gasteiger partial charge in [-0.2, -0.15) is 0 Å². The number of fused-ring (bicyclic) bond motifs is 1. The normalized spacial score (nSPS) is 18.8. The minimum atomic E-state index is -2.91. The van der Waals surface area contributed by atoms with Crippen LogP contribution in [0, 0.1) is 0 Å². The Morgan fingerprint density at radius 1 is 1.04 bits per heavy atom. The zero-order valence-corrected chi connectivity index (χ0v) is 20.8. The van der Waals surface area contributed by atoms with Crippen molar-refractivity contribution in [3.63, 3.8) is 0 Å². The molecule has 1 aliphatic carbocycles. The van der Waals surface area contributed by atoms with Crippen LogP contribution in [0.5, 0.6) is 0 Å². The molecule has 2 nitrogen and oxygen atoms in total. The molecule has 1 N–H and O–H groups in total. The van der Waals surface area contributed by atoms with E-state index in [0.717, 1.165) is 0 Å². The molecule has 0 heterocycles. The first-order valence-electron chi connectivity index (χ1n) is 9.17. The average molecular weight is 434 g/mol. The van der Waals surface area contributed by atoms with Gasteiger partial charge < -0.3 is 0 Å². The van der Waals surface area contributed by atoms with Gasteiger partial charge in [0.1, 0.15) is 0 Å². The van der Waals surface area contributed by atoms with Crippen molar-refractivity contribution in [3.8, 4) is 0 Å². The van der Waals surface area contributed by atoms with Crippen molar-refractivity contribution < 1.29 is 16.4 Å². The third-order valence-electron chi connectivity index (χ3n) is 4.79. The molecule has 2 atom stereocenters. The van der Waals surface area contributed by atoms with E-state index < -0.39 is 16.4 Å². The van der Waals surface area contributed by atoms with Crippen LogP contribution in [0.4, 0.5) is 0 Å². The van der Waals surface area contributed by atoms with E-state index in [1.54, 1.807) is 0 Å². The average Bonchev–Trinajstić information content (AvgIpc) is 2.71. The van der Waals surface area contributed by atoms with Gasteiger partial charge in [0.2, 0.25) is 0 Å². The van der Waals surface area contributed by atoms with Crippen molar-refractivity contribution in [1.29, 1.82) is 0 Å². The first kappa shape index (κ1) is 26.2. The molecule has 147 valence electrons. The Kier molecular flexibility index (Phi) is 9.72. The Morgan fingerprint density at radius 3 is 2.00 bits per heavy atom. The Labute approximate surface area is 177 Å².